The largest absolute Gasteiger partial charge is 0.392 e. The van der Waals surface area contributed by atoms with E-state index in [-0.39, 0.29) is 6.61 Å². The molecule has 0 bridgehead atoms. The second-order valence-electron chi connectivity index (χ2n) is 8.35. The fourth-order valence-corrected chi connectivity index (χ4v) is 4.75. The fourth-order valence-electron chi connectivity index (χ4n) is 4.75. The Bertz CT molecular complexity index is 1320. The van der Waals surface area contributed by atoms with Gasteiger partial charge < -0.3 is 10.2 Å². The summed E-state index contributed by atoms with van der Waals surface area (Å²) in [6.07, 6.45) is 0. The van der Waals surface area contributed by atoms with Crippen molar-refractivity contribution in [2.24, 2.45) is 0 Å². The smallest absolute Gasteiger partial charge is 0.141 e. The van der Waals surface area contributed by atoms with E-state index in [1.807, 2.05) is 109 Å². The molecule has 0 aliphatic carbocycles. The third-order valence-corrected chi connectivity index (χ3v) is 6.36. The molecular weight excluding hydrogens is 416 g/mol. The molecule has 166 valence electrons. The van der Waals surface area contributed by atoms with Crippen molar-refractivity contribution in [3.8, 4) is 22.3 Å². The summed E-state index contributed by atoms with van der Waals surface area (Å²) in [4.78, 5) is 0. The van der Waals surface area contributed by atoms with Gasteiger partial charge in [-0.05, 0) is 38.9 Å². The number of rotatable bonds is 6. The summed E-state index contributed by atoms with van der Waals surface area (Å²) in [5.41, 5.74) is 5.58. The van der Waals surface area contributed by atoms with Crippen LogP contribution in [-0.2, 0) is 12.2 Å². The first-order valence-corrected chi connectivity index (χ1v) is 11.4. The summed E-state index contributed by atoms with van der Waals surface area (Å²) < 4.78 is 0. The van der Waals surface area contributed by atoms with E-state index in [4.69, 9.17) is 0 Å². The molecule has 5 aromatic carbocycles. The predicted octanol–water partition coefficient (Wildman–Crippen LogP) is 6.80. The number of aliphatic hydroxyl groups excluding tert-OH is 1. The van der Waals surface area contributed by atoms with Crippen molar-refractivity contribution in [2.45, 2.75) is 12.2 Å². The quantitative estimate of drug-likeness (QED) is 0.284. The third kappa shape index (κ3) is 3.84. The Balaban J connectivity index is 1.93. The van der Waals surface area contributed by atoms with Gasteiger partial charge in [0.25, 0.3) is 0 Å². The molecule has 0 saturated heterocycles. The average molecular weight is 443 g/mol. The zero-order chi connectivity index (χ0) is 23.4. The van der Waals surface area contributed by atoms with Crippen LogP contribution in [0.5, 0.6) is 0 Å². The molecule has 2 nitrogen and oxygen atoms in total. The second kappa shape index (κ2) is 9.48. The van der Waals surface area contributed by atoms with E-state index in [0.717, 1.165) is 44.5 Å². The molecule has 0 spiro atoms. The van der Waals surface area contributed by atoms with Crippen LogP contribution in [0.2, 0.25) is 0 Å². The van der Waals surface area contributed by atoms with Crippen molar-refractivity contribution in [3.63, 3.8) is 0 Å². The van der Waals surface area contributed by atoms with Crippen LogP contribution in [0.25, 0.3) is 22.3 Å². The number of benzene rings is 5. The van der Waals surface area contributed by atoms with Gasteiger partial charge in [0.15, 0.2) is 0 Å². The van der Waals surface area contributed by atoms with E-state index < -0.39 is 5.60 Å². The summed E-state index contributed by atoms with van der Waals surface area (Å²) in [7, 11) is 0. The van der Waals surface area contributed by atoms with Gasteiger partial charge in [-0.25, -0.2) is 0 Å². The number of hydrogen-bond acceptors (Lipinski definition) is 2. The molecule has 0 aromatic heterocycles. The van der Waals surface area contributed by atoms with Crippen LogP contribution in [0, 0.1) is 0 Å². The van der Waals surface area contributed by atoms with E-state index in [0.29, 0.717) is 0 Å². The molecule has 0 atom stereocenters. The van der Waals surface area contributed by atoms with E-state index in [2.05, 4.69) is 24.3 Å². The molecule has 0 aliphatic heterocycles. The summed E-state index contributed by atoms with van der Waals surface area (Å²) in [5, 5.41) is 23.0. The van der Waals surface area contributed by atoms with Crippen molar-refractivity contribution in [3.05, 3.63) is 156 Å². The second-order valence-corrected chi connectivity index (χ2v) is 8.35. The molecule has 0 heterocycles. The van der Waals surface area contributed by atoms with Gasteiger partial charge in [-0.1, -0.05) is 133 Å². The Morgan fingerprint density at radius 1 is 0.471 bits per heavy atom. The highest BCUT2D eigenvalue weighted by Gasteiger charge is 2.37. The van der Waals surface area contributed by atoms with Gasteiger partial charge in [0.05, 0.1) is 6.61 Å². The first-order chi connectivity index (χ1) is 16.7. The molecule has 0 amide bonds. The minimum Gasteiger partial charge on any atom is -0.392 e. The van der Waals surface area contributed by atoms with Crippen molar-refractivity contribution in [1.29, 1.82) is 0 Å². The van der Waals surface area contributed by atoms with Crippen LogP contribution in [0.1, 0.15) is 22.3 Å². The lowest BCUT2D eigenvalue weighted by Gasteiger charge is -2.33. The number of hydrogen-bond donors (Lipinski definition) is 2. The van der Waals surface area contributed by atoms with Gasteiger partial charge in [-0.15, -0.1) is 0 Å². The minimum atomic E-state index is -1.40. The Labute approximate surface area is 200 Å². The highest BCUT2D eigenvalue weighted by Crippen LogP contribution is 2.46. The zero-order valence-corrected chi connectivity index (χ0v) is 18.8. The first-order valence-electron chi connectivity index (χ1n) is 11.4. The van der Waals surface area contributed by atoms with Crippen LogP contribution < -0.4 is 0 Å². The Morgan fingerprint density at radius 2 is 0.882 bits per heavy atom. The maximum absolute atomic E-state index is 12.6. The molecule has 0 saturated carbocycles. The summed E-state index contributed by atoms with van der Waals surface area (Å²) in [6, 6.07) is 43.6. The van der Waals surface area contributed by atoms with Crippen molar-refractivity contribution in [1.82, 2.24) is 0 Å². The van der Waals surface area contributed by atoms with Crippen LogP contribution in [-0.4, -0.2) is 10.2 Å². The fraction of sp³-hybridized carbons (Fsp3) is 0.0625. The molecule has 0 fully saturated rings. The molecule has 0 aliphatic rings. The van der Waals surface area contributed by atoms with Gasteiger partial charge in [0.1, 0.15) is 5.60 Å². The van der Waals surface area contributed by atoms with Gasteiger partial charge >= 0.3 is 0 Å². The minimum absolute atomic E-state index is 0.0978. The lowest BCUT2D eigenvalue weighted by molar-refractivity contribution is 0.126. The summed E-state index contributed by atoms with van der Waals surface area (Å²) in [6.45, 7) is -0.0978. The molecular formula is C32H26O2. The molecule has 34 heavy (non-hydrogen) atoms. The lowest BCUT2D eigenvalue weighted by Crippen LogP contribution is -2.30. The Kier molecular flexibility index (Phi) is 6.09. The normalized spacial score (nSPS) is 11.4. The van der Waals surface area contributed by atoms with Crippen LogP contribution in [0.4, 0.5) is 0 Å². The molecule has 5 rings (SSSR count). The van der Waals surface area contributed by atoms with E-state index in [1.165, 1.54) is 0 Å². The third-order valence-electron chi connectivity index (χ3n) is 6.36. The van der Waals surface area contributed by atoms with Gasteiger partial charge in [-0.3, -0.25) is 0 Å². The standard InChI is InChI=1S/C32H26O2/c33-23-26-21-22-29(32(34,27-17-9-3-10-18-27)28-19-11-4-12-20-28)31(25-15-7-2-8-16-25)30(26)24-13-5-1-6-14-24/h1-22,33-34H,23H2. The van der Waals surface area contributed by atoms with Crippen LogP contribution in [0.3, 0.4) is 0 Å². The average Bonchev–Trinajstić information content (AvgIpc) is 2.93. The zero-order valence-electron chi connectivity index (χ0n) is 18.8. The van der Waals surface area contributed by atoms with Gasteiger partial charge in [-0.2, -0.15) is 0 Å². The summed E-state index contributed by atoms with van der Waals surface area (Å²) >= 11 is 0. The monoisotopic (exact) mass is 442 g/mol. The Morgan fingerprint density at radius 3 is 1.32 bits per heavy atom. The highest BCUT2D eigenvalue weighted by atomic mass is 16.3. The Hall–Kier alpha value is -3.98. The molecule has 0 unspecified atom stereocenters. The van der Waals surface area contributed by atoms with Crippen LogP contribution in [0.15, 0.2) is 133 Å². The van der Waals surface area contributed by atoms with E-state index in [9.17, 15) is 10.2 Å². The SMILES string of the molecule is OCc1ccc(C(O)(c2ccccc2)c2ccccc2)c(-c2ccccc2)c1-c1ccccc1. The summed E-state index contributed by atoms with van der Waals surface area (Å²) in [5.74, 6) is 0. The van der Waals surface area contributed by atoms with Crippen molar-refractivity contribution < 1.29 is 10.2 Å². The van der Waals surface area contributed by atoms with Crippen molar-refractivity contribution >= 4 is 0 Å². The molecule has 0 radical (unpaired) electrons. The first kappa shape index (κ1) is 21.8. The topological polar surface area (TPSA) is 40.5 Å². The number of aliphatic hydroxyl groups is 2. The van der Waals surface area contributed by atoms with E-state index >= 15 is 0 Å². The van der Waals surface area contributed by atoms with Crippen molar-refractivity contribution in [2.75, 3.05) is 0 Å². The predicted molar refractivity (Wildman–Crippen MR) is 138 cm³/mol. The molecule has 5 aromatic rings. The maximum atomic E-state index is 12.6. The van der Waals surface area contributed by atoms with Crippen LogP contribution >= 0.6 is 0 Å². The molecule has 2 N–H and O–H groups in total. The van der Waals surface area contributed by atoms with Gasteiger partial charge in [0, 0.05) is 5.56 Å². The lowest BCUT2D eigenvalue weighted by atomic mass is 9.74. The highest BCUT2D eigenvalue weighted by molar-refractivity contribution is 5.89. The van der Waals surface area contributed by atoms with E-state index in [1.54, 1.807) is 0 Å². The van der Waals surface area contributed by atoms with Gasteiger partial charge in [0.2, 0.25) is 0 Å². The maximum Gasteiger partial charge on any atom is 0.141 e. The molecule has 2 heteroatoms.